The third kappa shape index (κ3) is 5.88. The Balaban J connectivity index is 2.48. The molecule has 1 aromatic carbocycles. The number of aliphatic hydroxyl groups excluding tert-OH is 1. The van der Waals surface area contributed by atoms with Crippen molar-refractivity contribution < 1.29 is 32.2 Å². The number of carbonyl (C=O) groups is 1. The molecule has 0 unspecified atom stereocenters. The summed E-state index contributed by atoms with van der Waals surface area (Å²) in [6.07, 6.45) is -0.351. The van der Waals surface area contributed by atoms with E-state index in [9.17, 15) is 22.4 Å². The number of amides is 1. The molecule has 1 heterocycles. The van der Waals surface area contributed by atoms with Crippen LogP contribution in [0.5, 0.6) is 0 Å². The molecule has 0 spiro atoms. The Kier molecular flexibility index (Phi) is 8.72. The SMILES string of the molecule is C=C(F)/C=C(\C=C/COCCCO)N1C(=S)N(c2ccc(C#N)c(C(F)(F)F)c2)C(=O)C1(C)C. The average molecular weight is 498 g/mol. The summed E-state index contributed by atoms with van der Waals surface area (Å²) in [4.78, 5) is 15.5. The highest BCUT2D eigenvalue weighted by Crippen LogP contribution is 2.39. The summed E-state index contributed by atoms with van der Waals surface area (Å²) >= 11 is 5.43. The van der Waals surface area contributed by atoms with Gasteiger partial charge in [-0.05, 0) is 62.8 Å². The Labute approximate surface area is 200 Å². The minimum Gasteiger partial charge on any atom is -0.396 e. The minimum atomic E-state index is -4.82. The second-order valence-corrected chi connectivity index (χ2v) is 8.09. The Bertz CT molecular complexity index is 1070. The Morgan fingerprint density at radius 1 is 1.38 bits per heavy atom. The molecule has 2 rings (SSSR count). The van der Waals surface area contributed by atoms with E-state index >= 15 is 0 Å². The second-order valence-electron chi connectivity index (χ2n) is 7.73. The molecule has 1 fully saturated rings. The van der Waals surface area contributed by atoms with Crippen LogP contribution in [0.3, 0.4) is 0 Å². The van der Waals surface area contributed by atoms with Crippen LogP contribution in [0, 0.1) is 11.3 Å². The largest absolute Gasteiger partial charge is 0.417 e. The predicted molar refractivity (Wildman–Crippen MR) is 122 cm³/mol. The van der Waals surface area contributed by atoms with E-state index in [0.29, 0.717) is 19.1 Å². The van der Waals surface area contributed by atoms with Crippen molar-refractivity contribution >= 4 is 28.9 Å². The summed E-state index contributed by atoms with van der Waals surface area (Å²) in [5, 5.41) is 17.6. The van der Waals surface area contributed by atoms with E-state index in [2.05, 4.69) is 6.58 Å². The molecule has 0 aliphatic carbocycles. The van der Waals surface area contributed by atoms with Crippen LogP contribution >= 0.6 is 12.2 Å². The lowest BCUT2D eigenvalue weighted by Gasteiger charge is -2.30. The van der Waals surface area contributed by atoms with Crippen LogP contribution in [-0.4, -0.2) is 46.4 Å². The van der Waals surface area contributed by atoms with E-state index < -0.39 is 34.6 Å². The van der Waals surface area contributed by atoms with Crippen molar-refractivity contribution in [3.05, 3.63) is 65.7 Å². The number of halogens is 4. The first-order chi connectivity index (χ1) is 15.9. The van der Waals surface area contributed by atoms with Crippen LogP contribution in [0.1, 0.15) is 31.4 Å². The van der Waals surface area contributed by atoms with E-state index in [1.54, 1.807) is 6.08 Å². The van der Waals surface area contributed by atoms with Gasteiger partial charge in [0.25, 0.3) is 5.91 Å². The summed E-state index contributed by atoms with van der Waals surface area (Å²) in [7, 11) is 0. The number of benzene rings is 1. The van der Waals surface area contributed by atoms with Gasteiger partial charge in [-0.15, -0.1) is 0 Å². The summed E-state index contributed by atoms with van der Waals surface area (Å²) in [5.74, 6) is -1.47. The molecule has 0 bridgehead atoms. The number of hydrogen-bond donors (Lipinski definition) is 1. The Hall–Kier alpha value is -3.07. The van der Waals surface area contributed by atoms with Gasteiger partial charge < -0.3 is 14.7 Å². The zero-order chi connectivity index (χ0) is 25.7. The van der Waals surface area contributed by atoms with Gasteiger partial charge in [0.1, 0.15) is 11.4 Å². The van der Waals surface area contributed by atoms with Crippen LogP contribution in [0.25, 0.3) is 0 Å². The number of hydrogen-bond acceptors (Lipinski definition) is 5. The van der Waals surface area contributed by atoms with Gasteiger partial charge in [-0.3, -0.25) is 9.69 Å². The topological polar surface area (TPSA) is 76.8 Å². The molecule has 0 atom stereocenters. The highest BCUT2D eigenvalue weighted by Gasteiger charge is 2.51. The first kappa shape index (κ1) is 27.2. The molecule has 6 nitrogen and oxygen atoms in total. The third-order valence-electron chi connectivity index (χ3n) is 4.87. The van der Waals surface area contributed by atoms with Gasteiger partial charge in [-0.25, -0.2) is 4.39 Å². The number of nitrogens with zero attached hydrogens (tertiary/aromatic N) is 3. The normalized spacial score (nSPS) is 16.5. The van der Waals surface area contributed by atoms with Gasteiger partial charge in [0.2, 0.25) is 0 Å². The highest BCUT2D eigenvalue weighted by molar-refractivity contribution is 7.80. The molecule has 34 heavy (non-hydrogen) atoms. The van der Waals surface area contributed by atoms with Crippen LogP contribution < -0.4 is 4.90 Å². The smallest absolute Gasteiger partial charge is 0.396 e. The van der Waals surface area contributed by atoms with Gasteiger partial charge in [0, 0.05) is 18.9 Å². The molecule has 0 saturated carbocycles. The van der Waals surface area contributed by atoms with Crippen molar-refractivity contribution in [3.8, 4) is 6.07 Å². The average Bonchev–Trinajstić information content (AvgIpc) is 2.92. The minimum absolute atomic E-state index is 0.0316. The molecule has 182 valence electrons. The number of thiocarbonyl (C=S) groups is 1. The first-order valence-corrected chi connectivity index (χ1v) is 10.5. The molecule has 1 N–H and O–H groups in total. The molecule has 1 aromatic rings. The number of alkyl halides is 3. The highest BCUT2D eigenvalue weighted by atomic mass is 32.1. The summed E-state index contributed by atoms with van der Waals surface area (Å²) in [5.41, 5.74) is -3.22. The van der Waals surface area contributed by atoms with Gasteiger partial charge >= 0.3 is 6.18 Å². The van der Waals surface area contributed by atoms with Crippen molar-refractivity contribution in [2.45, 2.75) is 32.0 Å². The summed E-state index contributed by atoms with van der Waals surface area (Å²) < 4.78 is 59.4. The van der Waals surface area contributed by atoms with Crippen molar-refractivity contribution in [2.24, 2.45) is 0 Å². The monoisotopic (exact) mass is 497 g/mol. The molecule has 1 saturated heterocycles. The van der Waals surface area contributed by atoms with Crippen LogP contribution in [0.2, 0.25) is 0 Å². The molecule has 0 radical (unpaired) electrons. The first-order valence-electron chi connectivity index (χ1n) is 10.1. The van der Waals surface area contributed by atoms with Gasteiger partial charge in [0.15, 0.2) is 5.11 Å². The number of ether oxygens (including phenoxy) is 1. The lowest BCUT2D eigenvalue weighted by atomic mass is 10.0. The number of allylic oxidation sites excluding steroid dienone is 3. The molecular weight excluding hydrogens is 474 g/mol. The van der Waals surface area contributed by atoms with E-state index in [1.165, 1.54) is 37.0 Å². The van der Waals surface area contributed by atoms with Crippen LogP contribution in [-0.2, 0) is 15.7 Å². The maximum absolute atomic E-state index is 13.8. The molecule has 1 amide bonds. The van der Waals surface area contributed by atoms with E-state index in [-0.39, 0.29) is 29.7 Å². The standard InChI is InChI=1S/C23H23F4N3O3S/c1-15(24)12-18(6-4-10-33-11-5-9-31)30-21(34)29(20(32)22(30,2)3)17-8-7-16(14-28)19(13-17)23(25,26)27/h4,6-8,12-13,31H,1,5,9-11H2,2-3H3/b6-4-,18-12+. The van der Waals surface area contributed by atoms with Gasteiger partial charge in [0.05, 0.1) is 29.5 Å². The number of carbonyl (C=O) groups excluding carboxylic acids is 1. The predicted octanol–water partition coefficient (Wildman–Crippen LogP) is 4.61. The Morgan fingerprint density at radius 2 is 2.06 bits per heavy atom. The van der Waals surface area contributed by atoms with Crippen molar-refractivity contribution in [1.29, 1.82) is 5.26 Å². The molecule has 11 heteroatoms. The number of nitriles is 1. The zero-order valence-corrected chi connectivity index (χ0v) is 19.3. The number of anilines is 1. The van der Waals surface area contributed by atoms with Gasteiger partial charge in [-0.2, -0.15) is 18.4 Å². The fourth-order valence-corrected chi connectivity index (χ4v) is 3.82. The van der Waals surface area contributed by atoms with E-state index in [4.69, 9.17) is 27.3 Å². The maximum Gasteiger partial charge on any atom is 0.417 e. The fourth-order valence-electron chi connectivity index (χ4n) is 3.29. The van der Waals surface area contributed by atoms with Crippen LogP contribution in [0.4, 0.5) is 23.2 Å². The number of rotatable bonds is 9. The molecular formula is C23H23F4N3O3S. The summed E-state index contributed by atoms with van der Waals surface area (Å²) in [6.45, 7) is 6.59. The molecule has 0 aromatic heterocycles. The Morgan fingerprint density at radius 3 is 2.62 bits per heavy atom. The van der Waals surface area contributed by atoms with Crippen molar-refractivity contribution in [1.82, 2.24) is 4.90 Å². The molecule has 1 aliphatic heterocycles. The lowest BCUT2D eigenvalue weighted by molar-refractivity contribution is -0.137. The second kappa shape index (κ2) is 10.9. The van der Waals surface area contributed by atoms with Crippen molar-refractivity contribution in [2.75, 3.05) is 24.7 Å². The van der Waals surface area contributed by atoms with E-state index in [0.717, 1.165) is 17.0 Å². The van der Waals surface area contributed by atoms with Crippen LogP contribution in [0.15, 0.2) is 54.5 Å². The summed E-state index contributed by atoms with van der Waals surface area (Å²) in [6, 6.07) is 4.33. The number of aliphatic hydroxyl groups is 1. The lowest BCUT2D eigenvalue weighted by Crippen LogP contribution is -2.43. The zero-order valence-electron chi connectivity index (χ0n) is 18.5. The fraction of sp³-hybridized carbons (Fsp3) is 0.348. The quantitative estimate of drug-likeness (QED) is 0.232. The third-order valence-corrected chi connectivity index (χ3v) is 5.23. The van der Waals surface area contributed by atoms with Gasteiger partial charge in [-0.1, -0.05) is 12.7 Å². The molecule has 1 aliphatic rings. The van der Waals surface area contributed by atoms with Crippen molar-refractivity contribution in [3.63, 3.8) is 0 Å². The maximum atomic E-state index is 13.8. The van der Waals surface area contributed by atoms with E-state index in [1.807, 2.05) is 0 Å².